The predicted molar refractivity (Wildman–Crippen MR) is 82.2 cm³/mol. The number of rotatable bonds is 4. The summed E-state index contributed by atoms with van der Waals surface area (Å²) in [5.41, 5.74) is 1.64. The Morgan fingerprint density at radius 3 is 2.45 bits per heavy atom. The number of aliphatic hydroxyl groups excluding tert-OH is 1. The molecule has 0 saturated carbocycles. The van der Waals surface area contributed by atoms with Crippen molar-refractivity contribution in [3.05, 3.63) is 23.8 Å². The maximum absolute atomic E-state index is 9.97. The van der Waals surface area contributed by atoms with Gasteiger partial charge < -0.3 is 20.0 Å². The number of phenolic OH excluding ortho intramolecular Hbond substituents is 1. The molecule has 1 unspecified atom stereocenters. The summed E-state index contributed by atoms with van der Waals surface area (Å²) in [6, 6.07) is 5.59. The summed E-state index contributed by atoms with van der Waals surface area (Å²) in [6.45, 7) is 4.89. The van der Waals surface area contributed by atoms with Crippen LogP contribution in [0.3, 0.4) is 0 Å². The minimum Gasteiger partial charge on any atom is -0.507 e. The lowest BCUT2D eigenvalue weighted by molar-refractivity contribution is 0.195. The highest BCUT2D eigenvalue weighted by Gasteiger charge is 2.20. The van der Waals surface area contributed by atoms with Gasteiger partial charge in [-0.3, -0.25) is 0 Å². The minimum absolute atomic E-state index is 0.188. The highest BCUT2D eigenvalue weighted by atomic mass is 16.3. The quantitative estimate of drug-likeness (QED) is 0.886. The van der Waals surface area contributed by atoms with Gasteiger partial charge in [-0.25, -0.2) is 0 Å². The van der Waals surface area contributed by atoms with Gasteiger partial charge in [-0.05, 0) is 45.8 Å². The number of aliphatic hydroxyl groups is 1. The molecule has 20 heavy (non-hydrogen) atoms. The Hall–Kier alpha value is -1.26. The molecule has 2 rings (SSSR count). The summed E-state index contributed by atoms with van der Waals surface area (Å²) in [6.07, 6.45) is 1.75. The number of benzene rings is 1. The summed E-state index contributed by atoms with van der Waals surface area (Å²) in [5, 5.41) is 19.5. The molecule has 1 aliphatic heterocycles. The standard InChI is InChI=1S/C16H26N2O2/c1-12(19)15-5-4-14(10-16(15)20)18-8-6-13(7-9-18)11-17(2)3/h4-5,10,12-13,19-20H,6-9,11H2,1-3H3. The summed E-state index contributed by atoms with van der Waals surface area (Å²) < 4.78 is 0. The van der Waals surface area contributed by atoms with E-state index in [2.05, 4.69) is 23.9 Å². The lowest BCUT2D eigenvalue weighted by Crippen LogP contribution is -2.37. The smallest absolute Gasteiger partial charge is 0.123 e. The van der Waals surface area contributed by atoms with Crippen molar-refractivity contribution in [2.24, 2.45) is 5.92 Å². The number of phenols is 1. The second kappa shape index (κ2) is 6.46. The molecule has 1 aromatic rings. The van der Waals surface area contributed by atoms with Gasteiger partial charge in [0.05, 0.1) is 6.10 Å². The first kappa shape index (κ1) is 15.1. The molecule has 4 nitrogen and oxygen atoms in total. The zero-order chi connectivity index (χ0) is 14.7. The van der Waals surface area contributed by atoms with Gasteiger partial charge in [0, 0.05) is 37.0 Å². The van der Waals surface area contributed by atoms with Crippen LogP contribution >= 0.6 is 0 Å². The SMILES string of the molecule is CC(O)c1ccc(N2CCC(CN(C)C)CC2)cc1O. The lowest BCUT2D eigenvalue weighted by Gasteiger charge is -2.34. The molecule has 2 N–H and O–H groups in total. The third kappa shape index (κ3) is 3.64. The maximum atomic E-state index is 9.97. The van der Waals surface area contributed by atoms with E-state index in [1.807, 2.05) is 12.1 Å². The summed E-state index contributed by atoms with van der Waals surface area (Å²) in [4.78, 5) is 4.57. The number of hydrogen-bond donors (Lipinski definition) is 2. The Bertz CT molecular complexity index is 438. The van der Waals surface area contributed by atoms with Crippen molar-refractivity contribution in [1.82, 2.24) is 4.90 Å². The van der Waals surface area contributed by atoms with Crippen LogP contribution in [0.2, 0.25) is 0 Å². The molecule has 1 heterocycles. The first-order valence-corrected chi connectivity index (χ1v) is 7.38. The molecule has 1 aromatic carbocycles. The van der Waals surface area contributed by atoms with Gasteiger partial charge in [0.1, 0.15) is 5.75 Å². The minimum atomic E-state index is -0.630. The Kier molecular flexibility index (Phi) is 4.89. The zero-order valence-electron chi connectivity index (χ0n) is 12.7. The van der Waals surface area contributed by atoms with Gasteiger partial charge in [0.25, 0.3) is 0 Å². The van der Waals surface area contributed by atoms with Crippen molar-refractivity contribution in [3.63, 3.8) is 0 Å². The van der Waals surface area contributed by atoms with Crippen molar-refractivity contribution in [3.8, 4) is 5.75 Å². The third-order valence-corrected chi connectivity index (χ3v) is 4.07. The van der Waals surface area contributed by atoms with Crippen LogP contribution in [0.1, 0.15) is 31.4 Å². The van der Waals surface area contributed by atoms with Gasteiger partial charge in [-0.1, -0.05) is 6.07 Å². The second-order valence-corrected chi connectivity index (χ2v) is 6.11. The first-order chi connectivity index (χ1) is 9.47. The van der Waals surface area contributed by atoms with Crippen molar-refractivity contribution in [2.75, 3.05) is 38.6 Å². The van der Waals surface area contributed by atoms with E-state index < -0.39 is 6.10 Å². The highest BCUT2D eigenvalue weighted by molar-refractivity contribution is 5.54. The van der Waals surface area contributed by atoms with Gasteiger partial charge in [0.15, 0.2) is 0 Å². The average molecular weight is 278 g/mol. The summed E-state index contributed by atoms with van der Waals surface area (Å²) >= 11 is 0. The highest BCUT2D eigenvalue weighted by Crippen LogP contribution is 2.31. The Balaban J connectivity index is 1.98. The number of aromatic hydroxyl groups is 1. The van der Waals surface area contributed by atoms with Crippen LogP contribution < -0.4 is 4.90 Å². The van der Waals surface area contributed by atoms with Crippen molar-refractivity contribution >= 4 is 5.69 Å². The zero-order valence-corrected chi connectivity index (χ0v) is 12.7. The van der Waals surface area contributed by atoms with Crippen LogP contribution in [-0.2, 0) is 0 Å². The Morgan fingerprint density at radius 1 is 1.30 bits per heavy atom. The normalized spacial score (nSPS) is 18.6. The number of hydrogen-bond acceptors (Lipinski definition) is 4. The van der Waals surface area contributed by atoms with Gasteiger partial charge >= 0.3 is 0 Å². The maximum Gasteiger partial charge on any atom is 0.123 e. The molecule has 112 valence electrons. The molecule has 0 amide bonds. The Labute approximate surface area is 121 Å². The van der Waals surface area contributed by atoms with E-state index in [0.29, 0.717) is 5.56 Å². The van der Waals surface area contributed by atoms with E-state index in [9.17, 15) is 10.2 Å². The van der Waals surface area contributed by atoms with E-state index in [1.165, 1.54) is 12.8 Å². The van der Waals surface area contributed by atoms with Gasteiger partial charge in [0.2, 0.25) is 0 Å². The lowest BCUT2D eigenvalue weighted by atomic mass is 9.96. The molecule has 0 spiro atoms. The first-order valence-electron chi connectivity index (χ1n) is 7.38. The molecule has 1 fully saturated rings. The predicted octanol–water partition coefficient (Wildman–Crippen LogP) is 2.22. The number of nitrogens with zero attached hydrogens (tertiary/aromatic N) is 2. The fraction of sp³-hybridized carbons (Fsp3) is 0.625. The van der Waals surface area contributed by atoms with E-state index in [1.54, 1.807) is 13.0 Å². The number of anilines is 1. The second-order valence-electron chi connectivity index (χ2n) is 6.11. The molecule has 0 aliphatic carbocycles. The largest absolute Gasteiger partial charge is 0.507 e. The third-order valence-electron chi connectivity index (χ3n) is 4.07. The van der Waals surface area contributed by atoms with Crippen LogP contribution in [0.5, 0.6) is 5.75 Å². The van der Waals surface area contributed by atoms with E-state index in [-0.39, 0.29) is 5.75 Å². The molecule has 0 aromatic heterocycles. The van der Waals surface area contributed by atoms with Gasteiger partial charge in [-0.15, -0.1) is 0 Å². The van der Waals surface area contributed by atoms with Crippen molar-refractivity contribution in [1.29, 1.82) is 0 Å². The van der Waals surface area contributed by atoms with E-state index in [0.717, 1.165) is 31.2 Å². The van der Waals surface area contributed by atoms with Crippen LogP contribution in [0.4, 0.5) is 5.69 Å². The fourth-order valence-corrected chi connectivity index (χ4v) is 2.97. The fourth-order valence-electron chi connectivity index (χ4n) is 2.97. The van der Waals surface area contributed by atoms with Crippen molar-refractivity contribution < 1.29 is 10.2 Å². The van der Waals surface area contributed by atoms with Crippen LogP contribution in [0, 0.1) is 5.92 Å². The summed E-state index contributed by atoms with van der Waals surface area (Å²) in [5.74, 6) is 0.958. The van der Waals surface area contributed by atoms with Crippen LogP contribution in [0.25, 0.3) is 0 Å². The monoisotopic (exact) mass is 278 g/mol. The molecule has 0 bridgehead atoms. The topological polar surface area (TPSA) is 46.9 Å². The molecule has 1 aliphatic rings. The number of piperidine rings is 1. The van der Waals surface area contributed by atoms with Crippen LogP contribution in [0.15, 0.2) is 18.2 Å². The molecule has 4 heteroatoms. The van der Waals surface area contributed by atoms with Crippen LogP contribution in [-0.4, -0.2) is 48.8 Å². The van der Waals surface area contributed by atoms with Gasteiger partial charge in [-0.2, -0.15) is 0 Å². The molecule has 0 radical (unpaired) electrons. The molecule has 1 saturated heterocycles. The summed E-state index contributed by atoms with van der Waals surface area (Å²) in [7, 11) is 4.25. The van der Waals surface area contributed by atoms with Crippen molar-refractivity contribution in [2.45, 2.75) is 25.9 Å². The Morgan fingerprint density at radius 2 is 1.95 bits per heavy atom. The molecule has 1 atom stereocenters. The molecular formula is C16H26N2O2. The average Bonchev–Trinajstić information content (AvgIpc) is 2.38. The van der Waals surface area contributed by atoms with E-state index >= 15 is 0 Å². The van der Waals surface area contributed by atoms with E-state index in [4.69, 9.17) is 0 Å². The molecular weight excluding hydrogens is 252 g/mol.